The van der Waals surface area contributed by atoms with Crippen molar-refractivity contribution in [3.63, 3.8) is 0 Å². The quantitative estimate of drug-likeness (QED) is 0.0769. The van der Waals surface area contributed by atoms with Crippen LogP contribution in [0.15, 0.2) is 48.7 Å². The highest BCUT2D eigenvalue weighted by Crippen LogP contribution is 2.60. The second-order valence-electron chi connectivity index (χ2n) is 14.1. The van der Waals surface area contributed by atoms with Crippen molar-refractivity contribution in [2.75, 3.05) is 16.8 Å². The van der Waals surface area contributed by atoms with Gasteiger partial charge in [-0.3, -0.25) is 24.4 Å². The maximum absolute atomic E-state index is 14.7. The lowest BCUT2D eigenvalue weighted by molar-refractivity contribution is -0.385. The molecule has 1 aromatic heterocycles. The molecule has 0 radical (unpaired) electrons. The lowest BCUT2D eigenvalue weighted by Crippen LogP contribution is -2.60. The summed E-state index contributed by atoms with van der Waals surface area (Å²) in [7, 11) is -3.03. The van der Waals surface area contributed by atoms with E-state index in [9.17, 15) is 50.0 Å². The summed E-state index contributed by atoms with van der Waals surface area (Å²) in [6.45, 7) is 5.69. The van der Waals surface area contributed by atoms with Gasteiger partial charge < -0.3 is 50.0 Å². The van der Waals surface area contributed by atoms with E-state index in [1.54, 1.807) is 36.1 Å². The van der Waals surface area contributed by atoms with Crippen molar-refractivity contribution < 1.29 is 54.3 Å². The van der Waals surface area contributed by atoms with E-state index >= 15 is 0 Å². The van der Waals surface area contributed by atoms with Crippen LogP contribution in [0.25, 0.3) is 0 Å². The lowest BCUT2D eigenvalue weighted by atomic mass is 9.82. The number of aliphatic hydroxyl groups excluding tert-OH is 5. The first-order valence-electron chi connectivity index (χ1n) is 16.8. The molecule has 1 spiro atoms. The summed E-state index contributed by atoms with van der Waals surface area (Å²) < 4.78 is 13.4. The van der Waals surface area contributed by atoms with Crippen LogP contribution in [0.2, 0.25) is 18.6 Å². The summed E-state index contributed by atoms with van der Waals surface area (Å²) >= 11 is 0. The molecule has 2 aromatic carbocycles. The van der Waals surface area contributed by atoms with Crippen LogP contribution < -0.4 is 10.2 Å². The smallest absolute Gasteiger partial charge is 0.269 e. The number of nitrogens with one attached hydrogen (secondary N) is 1. The van der Waals surface area contributed by atoms with Gasteiger partial charge in [0, 0.05) is 60.6 Å². The van der Waals surface area contributed by atoms with E-state index in [0.29, 0.717) is 41.9 Å². The van der Waals surface area contributed by atoms with Crippen LogP contribution in [0.3, 0.4) is 0 Å². The first kappa shape index (κ1) is 37.6. The zero-order chi connectivity index (χ0) is 37.7. The molecule has 2 amide bonds. The summed E-state index contributed by atoms with van der Waals surface area (Å²) in [5.74, 6) is -1.89. The van der Waals surface area contributed by atoms with E-state index in [-0.39, 0.29) is 24.5 Å². The van der Waals surface area contributed by atoms with Crippen molar-refractivity contribution in [1.29, 1.82) is 0 Å². The molecule has 280 valence electrons. The molecular weight excluding hydrogens is 700 g/mol. The summed E-state index contributed by atoms with van der Waals surface area (Å²) in [5.41, 5.74) is -0.0337. The standard InChI is InChI=1S/C33H42N6O12Si/c1-17-29(52(2,3)49)24(10-12-37-16-20(11-13-40)35-36-37)51-33(17)22-14-21(39(47)48)8-9-23(22)38(32(33)46)15-18-4-6-19(7-5-18)34-30(44)28-26(42)25(41)27(43)31(45)50-28/h4-9,14,16-17,24-29,31,40-43,45,49H,10-13,15H2,1-3H3,(H,34,44)/t17-,24+,25+,26+,27-,28+,29-,31-,33+/m1/s1. The minimum atomic E-state index is -3.03. The number of ether oxygens (including phenoxy) is 2. The molecule has 7 N–H and O–H groups in total. The van der Waals surface area contributed by atoms with Gasteiger partial charge in [0.1, 0.15) is 18.3 Å². The van der Waals surface area contributed by atoms with Gasteiger partial charge in [-0.25, -0.2) is 0 Å². The third-order valence-electron chi connectivity index (χ3n) is 10.2. The number of anilines is 2. The van der Waals surface area contributed by atoms with E-state index in [1.165, 1.54) is 35.2 Å². The van der Waals surface area contributed by atoms with Crippen LogP contribution in [0.4, 0.5) is 17.1 Å². The highest BCUT2D eigenvalue weighted by Gasteiger charge is 2.66. The molecule has 2 saturated heterocycles. The number of rotatable bonds is 11. The number of nitrogens with zero attached hydrogens (tertiary/aromatic N) is 5. The number of non-ortho nitro benzene ring substituents is 1. The monoisotopic (exact) mass is 742 g/mol. The molecule has 52 heavy (non-hydrogen) atoms. The molecule has 9 atom stereocenters. The van der Waals surface area contributed by atoms with Crippen molar-refractivity contribution in [2.24, 2.45) is 5.92 Å². The van der Waals surface area contributed by atoms with Gasteiger partial charge in [-0.2, -0.15) is 0 Å². The van der Waals surface area contributed by atoms with Crippen LogP contribution in [0.5, 0.6) is 0 Å². The summed E-state index contributed by atoms with van der Waals surface area (Å²) in [6, 6.07) is 10.5. The van der Waals surface area contributed by atoms with Crippen molar-refractivity contribution >= 4 is 37.2 Å². The third-order valence-corrected chi connectivity index (χ3v) is 12.7. The Balaban J connectivity index is 1.26. The number of nitro benzene ring substituents is 1. The van der Waals surface area contributed by atoms with Gasteiger partial charge in [-0.1, -0.05) is 24.3 Å². The molecule has 0 saturated carbocycles. The lowest BCUT2D eigenvalue weighted by Gasteiger charge is -2.37. The molecule has 0 unspecified atom stereocenters. The Hall–Kier alpha value is -4.18. The average molecular weight is 743 g/mol. The number of carbonyl (C=O) groups is 2. The van der Waals surface area contributed by atoms with Gasteiger partial charge in [0.15, 0.2) is 26.3 Å². The molecule has 3 aromatic rings. The molecular formula is C33H42N6O12Si. The van der Waals surface area contributed by atoms with Crippen LogP contribution in [0, 0.1) is 16.0 Å². The molecule has 3 aliphatic rings. The Morgan fingerprint density at radius 2 is 1.81 bits per heavy atom. The second kappa shape index (κ2) is 14.3. The maximum Gasteiger partial charge on any atom is 0.269 e. The summed E-state index contributed by atoms with van der Waals surface area (Å²) in [4.78, 5) is 51.9. The molecule has 6 rings (SSSR count). The minimum Gasteiger partial charge on any atom is -0.432 e. The van der Waals surface area contributed by atoms with E-state index in [1.807, 2.05) is 6.92 Å². The van der Waals surface area contributed by atoms with Crippen molar-refractivity contribution in [1.82, 2.24) is 15.0 Å². The van der Waals surface area contributed by atoms with Gasteiger partial charge in [-0.15, -0.1) is 5.10 Å². The number of aryl methyl sites for hydroxylation is 1. The van der Waals surface area contributed by atoms with Gasteiger partial charge in [0.25, 0.3) is 17.5 Å². The second-order valence-corrected chi connectivity index (χ2v) is 18.0. The predicted octanol–water partition coefficient (Wildman–Crippen LogP) is -0.106. The Labute approximate surface area is 298 Å². The zero-order valence-electron chi connectivity index (χ0n) is 28.6. The van der Waals surface area contributed by atoms with Crippen molar-refractivity contribution in [3.8, 4) is 0 Å². The molecule has 0 bridgehead atoms. The number of benzene rings is 2. The normalized spacial score (nSPS) is 30.2. The Morgan fingerprint density at radius 3 is 2.46 bits per heavy atom. The highest BCUT2D eigenvalue weighted by atomic mass is 28.4. The van der Waals surface area contributed by atoms with Gasteiger partial charge in [-0.05, 0) is 43.3 Å². The highest BCUT2D eigenvalue weighted by molar-refractivity contribution is 6.71. The van der Waals surface area contributed by atoms with Gasteiger partial charge in [0.05, 0.1) is 29.0 Å². The minimum absolute atomic E-state index is 0.0261. The fourth-order valence-corrected chi connectivity index (χ4v) is 10.3. The van der Waals surface area contributed by atoms with Crippen LogP contribution >= 0.6 is 0 Å². The predicted molar refractivity (Wildman–Crippen MR) is 183 cm³/mol. The first-order valence-corrected chi connectivity index (χ1v) is 19.9. The SMILES string of the molecule is C[C@@H]1[C@@H]([Si](C)(C)O)[C@H](CCn2cc(CCO)nn2)O[C@@]12C(=O)N(Cc1ccc(NC(=O)[C@H]3O[C@@H](O)[C@H](O)[C@@H](O)[C@@H]3O)cc1)c1ccc([N+](=O)[O-])cc12. The molecule has 19 heteroatoms. The number of nitro groups is 1. The third kappa shape index (κ3) is 6.74. The van der Waals surface area contributed by atoms with Crippen LogP contribution in [-0.4, -0.2) is 114 Å². The number of aromatic nitrogens is 3. The zero-order valence-corrected chi connectivity index (χ0v) is 29.6. The molecule has 18 nitrogen and oxygen atoms in total. The summed E-state index contributed by atoms with van der Waals surface area (Å²) in [6.07, 6.45) is -7.14. The van der Waals surface area contributed by atoms with E-state index in [2.05, 4.69) is 15.6 Å². The van der Waals surface area contributed by atoms with E-state index < -0.39 is 78.9 Å². The first-order chi connectivity index (χ1) is 24.6. The van der Waals surface area contributed by atoms with E-state index in [4.69, 9.17) is 9.47 Å². The fraction of sp³-hybridized carbons (Fsp3) is 0.515. The van der Waals surface area contributed by atoms with Crippen LogP contribution in [0.1, 0.15) is 30.2 Å². The van der Waals surface area contributed by atoms with Crippen LogP contribution in [-0.2, 0) is 44.2 Å². The molecule has 2 fully saturated rings. The van der Waals surface area contributed by atoms with Crippen molar-refractivity contribution in [3.05, 3.63) is 75.6 Å². The number of amides is 2. The maximum atomic E-state index is 14.7. The fourth-order valence-electron chi connectivity index (χ4n) is 7.71. The average Bonchev–Trinajstić information content (AvgIpc) is 3.74. The number of aliphatic hydroxyl groups is 5. The topological polar surface area (TPSA) is 263 Å². The molecule has 0 aliphatic carbocycles. The number of hydrogen-bond acceptors (Lipinski definition) is 14. The molecule has 4 heterocycles. The van der Waals surface area contributed by atoms with Gasteiger partial charge in [0.2, 0.25) is 0 Å². The van der Waals surface area contributed by atoms with E-state index in [0.717, 1.165) is 0 Å². The Morgan fingerprint density at radius 1 is 1.10 bits per heavy atom. The number of hydrogen-bond donors (Lipinski definition) is 7. The largest absolute Gasteiger partial charge is 0.432 e. The van der Waals surface area contributed by atoms with Crippen molar-refractivity contribution in [2.45, 2.75) is 93.9 Å². The Kier molecular flexibility index (Phi) is 10.4. The molecule has 3 aliphatic heterocycles. The Bertz CT molecular complexity index is 1820. The number of carbonyl (C=O) groups excluding carboxylic acids is 2. The number of fused-ring (bicyclic) bond motifs is 2. The summed E-state index contributed by atoms with van der Waals surface area (Å²) in [5, 5.41) is 71.5. The van der Waals surface area contributed by atoms with Gasteiger partial charge >= 0.3 is 0 Å².